The fourth-order valence-corrected chi connectivity index (χ4v) is 3.89. The first-order chi connectivity index (χ1) is 15.6. The summed E-state index contributed by atoms with van der Waals surface area (Å²) >= 11 is 0. The van der Waals surface area contributed by atoms with Crippen molar-refractivity contribution in [3.8, 4) is 0 Å². The molecule has 4 rings (SSSR count). The van der Waals surface area contributed by atoms with Crippen LogP contribution < -0.4 is 4.90 Å². The highest BCUT2D eigenvalue weighted by atomic mass is 16.5. The summed E-state index contributed by atoms with van der Waals surface area (Å²) in [7, 11) is 0. The fourth-order valence-electron chi connectivity index (χ4n) is 3.89. The second-order valence-electron chi connectivity index (χ2n) is 8.19. The quantitative estimate of drug-likeness (QED) is 0.617. The molecule has 1 atom stereocenters. The van der Waals surface area contributed by atoms with Crippen LogP contribution in [0.25, 0.3) is 0 Å². The SMILES string of the molecule is CC(=O)N1CCC(OCc2cc(N3CCOCC3)nc(N=NCc3cccc(C)c3)n2)C1. The van der Waals surface area contributed by atoms with E-state index in [9.17, 15) is 4.79 Å². The number of likely N-dealkylation sites (tertiary alicyclic amines) is 1. The van der Waals surface area contributed by atoms with Crippen LogP contribution in [0.15, 0.2) is 40.6 Å². The molecule has 2 fully saturated rings. The van der Waals surface area contributed by atoms with Crippen LogP contribution in [0.4, 0.5) is 11.8 Å². The van der Waals surface area contributed by atoms with Crippen LogP contribution in [0, 0.1) is 6.92 Å². The van der Waals surface area contributed by atoms with Crippen LogP contribution in [0.2, 0.25) is 0 Å². The molecule has 1 aromatic carbocycles. The Kier molecular flexibility index (Phi) is 7.39. The molecule has 3 heterocycles. The zero-order chi connectivity index (χ0) is 22.3. The van der Waals surface area contributed by atoms with E-state index in [0.717, 1.165) is 43.1 Å². The van der Waals surface area contributed by atoms with E-state index >= 15 is 0 Å². The number of azo groups is 1. The predicted octanol–water partition coefficient (Wildman–Crippen LogP) is 3.04. The van der Waals surface area contributed by atoms with Gasteiger partial charge in [-0.05, 0) is 18.9 Å². The predicted molar refractivity (Wildman–Crippen MR) is 120 cm³/mol. The highest BCUT2D eigenvalue weighted by Crippen LogP contribution is 2.21. The van der Waals surface area contributed by atoms with Gasteiger partial charge < -0.3 is 19.3 Å². The molecule has 1 unspecified atom stereocenters. The first kappa shape index (κ1) is 22.3. The third-order valence-electron chi connectivity index (χ3n) is 5.64. The van der Waals surface area contributed by atoms with Gasteiger partial charge in [-0.25, -0.2) is 4.98 Å². The van der Waals surface area contributed by atoms with Gasteiger partial charge in [-0.3, -0.25) is 4.79 Å². The number of anilines is 1. The zero-order valence-electron chi connectivity index (χ0n) is 18.7. The lowest BCUT2D eigenvalue weighted by Gasteiger charge is -2.28. The maximum absolute atomic E-state index is 11.6. The van der Waals surface area contributed by atoms with Gasteiger partial charge in [-0.15, -0.1) is 5.11 Å². The highest BCUT2D eigenvalue weighted by molar-refractivity contribution is 5.73. The summed E-state index contributed by atoms with van der Waals surface area (Å²) in [6.07, 6.45) is 0.858. The summed E-state index contributed by atoms with van der Waals surface area (Å²) in [5.74, 6) is 1.23. The number of nitrogens with zero attached hydrogens (tertiary/aromatic N) is 6. The summed E-state index contributed by atoms with van der Waals surface area (Å²) < 4.78 is 11.5. The summed E-state index contributed by atoms with van der Waals surface area (Å²) in [5, 5.41) is 8.62. The lowest BCUT2D eigenvalue weighted by Crippen LogP contribution is -2.36. The average Bonchev–Trinajstić information content (AvgIpc) is 3.28. The summed E-state index contributed by atoms with van der Waals surface area (Å²) in [4.78, 5) is 24.7. The molecular weight excluding hydrogens is 408 g/mol. The number of amides is 1. The van der Waals surface area contributed by atoms with Gasteiger partial charge in [0.2, 0.25) is 5.91 Å². The van der Waals surface area contributed by atoms with E-state index in [1.165, 1.54) is 5.56 Å². The van der Waals surface area contributed by atoms with Crippen molar-refractivity contribution >= 4 is 17.7 Å². The van der Waals surface area contributed by atoms with E-state index < -0.39 is 0 Å². The van der Waals surface area contributed by atoms with E-state index in [1.54, 1.807) is 6.92 Å². The number of rotatable bonds is 7. The van der Waals surface area contributed by atoms with Gasteiger partial charge in [0.1, 0.15) is 5.82 Å². The Labute approximate surface area is 188 Å². The van der Waals surface area contributed by atoms with Crippen LogP contribution in [-0.2, 0) is 27.4 Å². The number of ether oxygens (including phenoxy) is 2. The van der Waals surface area contributed by atoms with Gasteiger partial charge in [-0.1, -0.05) is 29.8 Å². The third-order valence-corrected chi connectivity index (χ3v) is 5.64. The Balaban J connectivity index is 1.46. The molecule has 2 saturated heterocycles. The highest BCUT2D eigenvalue weighted by Gasteiger charge is 2.25. The van der Waals surface area contributed by atoms with Gasteiger partial charge >= 0.3 is 0 Å². The van der Waals surface area contributed by atoms with E-state index in [4.69, 9.17) is 9.47 Å². The lowest BCUT2D eigenvalue weighted by atomic mass is 10.1. The minimum atomic E-state index is 0.0205. The van der Waals surface area contributed by atoms with E-state index in [1.807, 2.05) is 23.1 Å². The number of aryl methyl sites for hydroxylation is 1. The first-order valence-electron chi connectivity index (χ1n) is 11.1. The van der Waals surface area contributed by atoms with Gasteiger partial charge in [-0.2, -0.15) is 10.1 Å². The number of carbonyl (C=O) groups excluding carboxylic acids is 1. The maximum Gasteiger partial charge on any atom is 0.270 e. The van der Waals surface area contributed by atoms with Gasteiger partial charge in [0, 0.05) is 39.2 Å². The van der Waals surface area contributed by atoms with Crippen LogP contribution in [0.5, 0.6) is 0 Å². The molecule has 2 aliphatic heterocycles. The molecule has 0 N–H and O–H groups in total. The Morgan fingerprint density at radius 2 is 2.06 bits per heavy atom. The Morgan fingerprint density at radius 1 is 1.22 bits per heavy atom. The Morgan fingerprint density at radius 3 is 2.81 bits per heavy atom. The first-order valence-corrected chi connectivity index (χ1v) is 11.1. The van der Waals surface area contributed by atoms with Gasteiger partial charge in [0.25, 0.3) is 5.95 Å². The molecule has 0 bridgehead atoms. The van der Waals surface area contributed by atoms with Crippen LogP contribution in [0.1, 0.15) is 30.2 Å². The monoisotopic (exact) mass is 438 g/mol. The summed E-state index contributed by atoms with van der Waals surface area (Å²) in [6, 6.07) is 10.1. The Hall–Kier alpha value is -2.91. The largest absolute Gasteiger partial charge is 0.378 e. The van der Waals surface area contributed by atoms with Crippen molar-refractivity contribution in [2.45, 2.75) is 39.5 Å². The van der Waals surface area contributed by atoms with Crippen molar-refractivity contribution in [2.75, 3.05) is 44.3 Å². The number of hydrogen-bond donors (Lipinski definition) is 0. The Bertz CT molecular complexity index is 960. The second kappa shape index (κ2) is 10.6. The van der Waals surface area contributed by atoms with Gasteiger partial charge in [0.15, 0.2) is 0 Å². The molecule has 32 heavy (non-hydrogen) atoms. The van der Waals surface area contributed by atoms with Crippen molar-refractivity contribution in [1.82, 2.24) is 14.9 Å². The lowest BCUT2D eigenvalue weighted by molar-refractivity contribution is -0.128. The van der Waals surface area contributed by atoms with E-state index in [2.05, 4.69) is 44.2 Å². The topological polar surface area (TPSA) is 92.5 Å². The molecule has 0 radical (unpaired) electrons. The molecule has 170 valence electrons. The molecule has 1 amide bonds. The van der Waals surface area contributed by atoms with Crippen LogP contribution in [-0.4, -0.2) is 66.3 Å². The molecule has 0 saturated carbocycles. The van der Waals surface area contributed by atoms with Crippen LogP contribution >= 0.6 is 0 Å². The standard InChI is InChI=1S/C23H30N6O3/c1-17-4-3-5-19(12-17)14-24-27-23-25-20(13-22(26-23)28-8-10-31-11-9-28)16-32-21-6-7-29(15-21)18(2)30/h3-5,12-13,21H,6-11,14-16H2,1-2H3. The molecule has 1 aromatic heterocycles. The van der Waals surface area contributed by atoms with Gasteiger partial charge in [0.05, 0.1) is 38.2 Å². The van der Waals surface area contributed by atoms with Crippen molar-refractivity contribution in [3.05, 3.63) is 47.2 Å². The third kappa shape index (κ3) is 6.08. The summed E-state index contributed by atoms with van der Waals surface area (Å²) in [6.45, 7) is 8.71. The normalized spacial score (nSPS) is 19.1. The molecule has 0 spiro atoms. The van der Waals surface area contributed by atoms with E-state index in [0.29, 0.717) is 38.9 Å². The molecule has 2 aliphatic rings. The molecule has 0 aliphatic carbocycles. The van der Waals surface area contributed by atoms with Crippen molar-refractivity contribution in [2.24, 2.45) is 10.2 Å². The minimum Gasteiger partial charge on any atom is -0.378 e. The van der Waals surface area contributed by atoms with Crippen LogP contribution in [0.3, 0.4) is 0 Å². The zero-order valence-corrected chi connectivity index (χ0v) is 18.7. The number of benzene rings is 1. The van der Waals surface area contributed by atoms with E-state index in [-0.39, 0.29) is 12.0 Å². The van der Waals surface area contributed by atoms with Crippen molar-refractivity contribution in [3.63, 3.8) is 0 Å². The molecular formula is C23H30N6O3. The maximum atomic E-state index is 11.6. The number of aromatic nitrogens is 2. The van der Waals surface area contributed by atoms with Crippen molar-refractivity contribution in [1.29, 1.82) is 0 Å². The number of carbonyl (C=O) groups is 1. The summed E-state index contributed by atoms with van der Waals surface area (Å²) in [5.41, 5.74) is 3.04. The fraction of sp³-hybridized carbons (Fsp3) is 0.522. The number of hydrogen-bond acceptors (Lipinski definition) is 8. The molecule has 2 aromatic rings. The minimum absolute atomic E-state index is 0.0205. The second-order valence-corrected chi connectivity index (χ2v) is 8.19. The smallest absolute Gasteiger partial charge is 0.270 e. The average molecular weight is 439 g/mol. The number of morpholine rings is 1. The molecule has 9 nitrogen and oxygen atoms in total. The van der Waals surface area contributed by atoms with Crippen molar-refractivity contribution < 1.29 is 14.3 Å². The molecule has 9 heteroatoms.